The predicted molar refractivity (Wildman–Crippen MR) is 65.2 cm³/mol. The highest BCUT2D eigenvalue weighted by Gasteiger charge is 2.02. The highest BCUT2D eigenvalue weighted by Crippen LogP contribution is 2.03. The normalized spacial score (nSPS) is 11.0. The third-order valence-corrected chi connectivity index (χ3v) is 1.93. The van der Waals surface area contributed by atoms with Gasteiger partial charge in [-0.2, -0.15) is 0 Å². The van der Waals surface area contributed by atoms with Crippen molar-refractivity contribution in [2.24, 2.45) is 10.7 Å². The van der Waals surface area contributed by atoms with E-state index in [0.29, 0.717) is 0 Å². The molecule has 0 heterocycles. The molecule has 0 saturated carbocycles. The number of benzene rings is 1. The summed E-state index contributed by atoms with van der Waals surface area (Å²) in [4.78, 5) is 16.6. The number of aliphatic imine (C=N–C) groups is 1. The maximum atomic E-state index is 11.2. The van der Waals surface area contributed by atoms with E-state index in [1.807, 2.05) is 30.3 Å². The van der Waals surface area contributed by atoms with E-state index < -0.39 is 0 Å². The van der Waals surface area contributed by atoms with Crippen LogP contribution in [-0.2, 0) is 4.79 Å². The Kier molecular flexibility index (Phi) is 4.32. The van der Waals surface area contributed by atoms with Gasteiger partial charge in [-0.3, -0.25) is 4.79 Å². The lowest BCUT2D eigenvalue weighted by Crippen LogP contribution is -2.28. The van der Waals surface area contributed by atoms with Crippen LogP contribution in [0.4, 0.5) is 5.69 Å². The van der Waals surface area contributed by atoms with Gasteiger partial charge in [-0.05, 0) is 12.1 Å². The van der Waals surface area contributed by atoms with Gasteiger partial charge in [-0.1, -0.05) is 18.2 Å². The lowest BCUT2D eigenvalue weighted by Gasteiger charge is -2.08. The van der Waals surface area contributed by atoms with Gasteiger partial charge < -0.3 is 16.0 Å². The minimum atomic E-state index is -0.0854. The van der Waals surface area contributed by atoms with Crippen LogP contribution in [0.3, 0.4) is 0 Å². The standard InChI is InChI=1S/C11H16N4O/c1-15(2)10(16)8-13-11(12)14-9-6-4-3-5-7-9/h3-7H,8H2,1-2H3,(H3,12,13,14). The smallest absolute Gasteiger partial charge is 0.243 e. The summed E-state index contributed by atoms with van der Waals surface area (Å²) < 4.78 is 0. The molecule has 0 atom stereocenters. The van der Waals surface area contributed by atoms with Gasteiger partial charge in [0, 0.05) is 19.8 Å². The van der Waals surface area contributed by atoms with Crippen LogP contribution in [0.2, 0.25) is 0 Å². The van der Waals surface area contributed by atoms with E-state index in [-0.39, 0.29) is 18.4 Å². The molecular weight excluding hydrogens is 204 g/mol. The molecule has 5 nitrogen and oxygen atoms in total. The summed E-state index contributed by atoms with van der Waals surface area (Å²) in [6.45, 7) is 0.0542. The summed E-state index contributed by atoms with van der Waals surface area (Å²) >= 11 is 0. The molecule has 1 aromatic rings. The molecule has 1 rings (SSSR count). The Morgan fingerprint density at radius 2 is 2.00 bits per heavy atom. The van der Waals surface area contributed by atoms with Crippen LogP contribution < -0.4 is 11.1 Å². The number of carbonyl (C=O) groups is 1. The number of para-hydroxylation sites is 1. The third kappa shape index (κ3) is 4.00. The number of carbonyl (C=O) groups excluding carboxylic acids is 1. The van der Waals surface area contributed by atoms with Gasteiger partial charge in [0.15, 0.2) is 5.96 Å². The Bertz CT molecular complexity index is 373. The molecule has 86 valence electrons. The topological polar surface area (TPSA) is 70.7 Å². The van der Waals surface area contributed by atoms with Crippen molar-refractivity contribution in [1.29, 1.82) is 0 Å². The molecule has 0 aromatic heterocycles. The Hall–Kier alpha value is -2.04. The zero-order chi connectivity index (χ0) is 12.0. The fraction of sp³-hybridized carbons (Fsp3) is 0.273. The van der Waals surface area contributed by atoms with Crippen LogP contribution in [-0.4, -0.2) is 37.4 Å². The van der Waals surface area contributed by atoms with Gasteiger partial charge in [0.1, 0.15) is 6.54 Å². The number of nitrogens with one attached hydrogen (secondary N) is 1. The summed E-state index contributed by atoms with van der Waals surface area (Å²) in [5.41, 5.74) is 6.47. The van der Waals surface area contributed by atoms with E-state index in [4.69, 9.17) is 5.73 Å². The molecule has 0 bridgehead atoms. The summed E-state index contributed by atoms with van der Waals surface area (Å²) in [5, 5.41) is 2.89. The fourth-order valence-corrected chi connectivity index (χ4v) is 1.00. The van der Waals surface area contributed by atoms with Crippen molar-refractivity contribution in [2.75, 3.05) is 26.0 Å². The van der Waals surface area contributed by atoms with E-state index >= 15 is 0 Å². The molecule has 0 spiro atoms. The van der Waals surface area contributed by atoms with Gasteiger partial charge in [0.25, 0.3) is 0 Å². The number of guanidine groups is 1. The van der Waals surface area contributed by atoms with Gasteiger partial charge in [-0.15, -0.1) is 0 Å². The van der Waals surface area contributed by atoms with Gasteiger partial charge >= 0.3 is 0 Å². The predicted octanol–water partition coefficient (Wildman–Crippen LogP) is 0.501. The van der Waals surface area contributed by atoms with E-state index in [9.17, 15) is 4.79 Å². The molecule has 0 aliphatic carbocycles. The van der Waals surface area contributed by atoms with Crippen LogP contribution >= 0.6 is 0 Å². The number of rotatable bonds is 3. The minimum absolute atomic E-state index is 0.0542. The van der Waals surface area contributed by atoms with E-state index in [0.717, 1.165) is 5.69 Å². The second-order valence-corrected chi connectivity index (χ2v) is 3.48. The summed E-state index contributed by atoms with van der Waals surface area (Å²) in [6.07, 6.45) is 0. The molecule has 0 saturated heterocycles. The van der Waals surface area contributed by atoms with Gasteiger partial charge in [0.05, 0.1) is 0 Å². The SMILES string of the molecule is CN(C)C(=O)CN=C(N)Nc1ccccc1. The first-order valence-electron chi connectivity index (χ1n) is 4.91. The second kappa shape index (κ2) is 5.75. The maximum Gasteiger partial charge on any atom is 0.243 e. The van der Waals surface area contributed by atoms with Crippen LogP contribution in [0.5, 0.6) is 0 Å². The van der Waals surface area contributed by atoms with Crippen molar-refractivity contribution in [3.8, 4) is 0 Å². The van der Waals surface area contributed by atoms with Gasteiger partial charge in [-0.25, -0.2) is 4.99 Å². The average Bonchev–Trinajstić information content (AvgIpc) is 2.27. The average molecular weight is 220 g/mol. The first kappa shape index (κ1) is 12.0. The Labute approximate surface area is 95.0 Å². The van der Waals surface area contributed by atoms with E-state index in [1.165, 1.54) is 4.90 Å². The molecule has 0 unspecified atom stereocenters. The Balaban J connectivity index is 2.49. The van der Waals surface area contributed by atoms with Crippen LogP contribution in [0.25, 0.3) is 0 Å². The van der Waals surface area contributed by atoms with Crippen molar-refractivity contribution in [3.63, 3.8) is 0 Å². The number of amides is 1. The molecule has 1 aromatic carbocycles. The molecule has 3 N–H and O–H groups in total. The number of anilines is 1. The molecule has 0 fully saturated rings. The van der Waals surface area contributed by atoms with Crippen LogP contribution in [0, 0.1) is 0 Å². The van der Waals surface area contributed by atoms with Crippen LogP contribution in [0.15, 0.2) is 35.3 Å². The fourth-order valence-electron chi connectivity index (χ4n) is 1.00. The first-order chi connectivity index (χ1) is 7.59. The molecule has 0 aliphatic heterocycles. The third-order valence-electron chi connectivity index (χ3n) is 1.93. The summed E-state index contributed by atoms with van der Waals surface area (Å²) in [6, 6.07) is 9.43. The van der Waals surface area contributed by atoms with Crippen molar-refractivity contribution in [2.45, 2.75) is 0 Å². The van der Waals surface area contributed by atoms with Gasteiger partial charge in [0.2, 0.25) is 5.91 Å². The van der Waals surface area contributed by atoms with Crippen molar-refractivity contribution >= 4 is 17.6 Å². The zero-order valence-corrected chi connectivity index (χ0v) is 9.47. The lowest BCUT2D eigenvalue weighted by atomic mass is 10.3. The molecule has 1 amide bonds. The number of hydrogen-bond donors (Lipinski definition) is 2. The lowest BCUT2D eigenvalue weighted by molar-refractivity contribution is -0.127. The number of nitrogens with zero attached hydrogens (tertiary/aromatic N) is 2. The molecule has 16 heavy (non-hydrogen) atoms. The zero-order valence-electron chi connectivity index (χ0n) is 9.47. The Morgan fingerprint density at radius 3 is 2.56 bits per heavy atom. The van der Waals surface area contributed by atoms with Crippen molar-refractivity contribution in [1.82, 2.24) is 4.90 Å². The largest absolute Gasteiger partial charge is 0.370 e. The molecule has 5 heteroatoms. The number of likely N-dealkylation sites (N-methyl/N-ethyl adjacent to an activating group) is 1. The summed E-state index contributed by atoms with van der Waals surface area (Å²) in [7, 11) is 3.36. The second-order valence-electron chi connectivity index (χ2n) is 3.48. The summed E-state index contributed by atoms with van der Waals surface area (Å²) in [5.74, 6) is 0.152. The monoisotopic (exact) mass is 220 g/mol. The maximum absolute atomic E-state index is 11.2. The number of hydrogen-bond acceptors (Lipinski definition) is 2. The first-order valence-corrected chi connectivity index (χ1v) is 4.91. The highest BCUT2D eigenvalue weighted by molar-refractivity contribution is 5.93. The molecular formula is C11H16N4O. The Morgan fingerprint density at radius 1 is 1.38 bits per heavy atom. The quantitative estimate of drug-likeness (QED) is 0.575. The molecule has 0 aliphatic rings. The van der Waals surface area contributed by atoms with Crippen LogP contribution in [0.1, 0.15) is 0 Å². The van der Waals surface area contributed by atoms with Crippen molar-refractivity contribution in [3.05, 3.63) is 30.3 Å². The minimum Gasteiger partial charge on any atom is -0.370 e. The molecule has 0 radical (unpaired) electrons. The van der Waals surface area contributed by atoms with Crippen molar-refractivity contribution < 1.29 is 4.79 Å². The van der Waals surface area contributed by atoms with E-state index in [1.54, 1.807) is 14.1 Å². The highest BCUT2D eigenvalue weighted by atomic mass is 16.2. The van der Waals surface area contributed by atoms with E-state index in [2.05, 4.69) is 10.3 Å². The number of nitrogens with two attached hydrogens (primary N) is 1.